The van der Waals surface area contributed by atoms with Crippen LogP contribution in [0.1, 0.15) is 44.3 Å². The van der Waals surface area contributed by atoms with Crippen LogP contribution in [-0.2, 0) is 13.6 Å². The molecule has 0 radical (unpaired) electrons. The minimum atomic E-state index is -0.251. The van der Waals surface area contributed by atoms with Crippen molar-refractivity contribution in [2.45, 2.75) is 51.3 Å². The van der Waals surface area contributed by atoms with E-state index in [0.717, 1.165) is 44.4 Å². The standard InChI is InChI=1S/C15H27N5O/c1-11-8-19(6-7-20(11)9-12(2)21)10-14-16-17-15(18(14)3)13-4-5-13/h11-13,21H,4-10H2,1-3H3. The predicted octanol–water partition coefficient (Wildman–Crippen LogP) is 0.579. The van der Waals surface area contributed by atoms with Gasteiger partial charge in [0.1, 0.15) is 11.6 Å². The van der Waals surface area contributed by atoms with Crippen LogP contribution in [0.25, 0.3) is 0 Å². The van der Waals surface area contributed by atoms with E-state index >= 15 is 0 Å². The van der Waals surface area contributed by atoms with E-state index in [0.29, 0.717) is 12.0 Å². The molecule has 1 aromatic rings. The molecule has 21 heavy (non-hydrogen) atoms. The van der Waals surface area contributed by atoms with Crippen molar-refractivity contribution in [3.05, 3.63) is 11.6 Å². The second-order valence-corrected chi connectivity index (χ2v) is 6.74. The molecule has 2 unspecified atom stereocenters. The Bertz CT molecular complexity index is 482. The summed E-state index contributed by atoms with van der Waals surface area (Å²) in [5.41, 5.74) is 0. The summed E-state index contributed by atoms with van der Waals surface area (Å²) in [7, 11) is 2.09. The molecule has 1 N–H and O–H groups in total. The third-order valence-corrected chi connectivity index (χ3v) is 4.65. The smallest absolute Gasteiger partial charge is 0.146 e. The van der Waals surface area contributed by atoms with Gasteiger partial charge in [-0.15, -0.1) is 10.2 Å². The lowest BCUT2D eigenvalue weighted by Crippen LogP contribution is -2.53. The molecular weight excluding hydrogens is 266 g/mol. The summed E-state index contributed by atoms with van der Waals surface area (Å²) in [6, 6.07) is 0.476. The number of β-amino-alcohol motifs (C(OH)–C–C–N with tert-alkyl or cyclic N) is 1. The highest BCUT2D eigenvalue weighted by Gasteiger charge is 2.30. The number of rotatable bonds is 5. The number of piperazine rings is 1. The lowest BCUT2D eigenvalue weighted by molar-refractivity contribution is 0.0410. The van der Waals surface area contributed by atoms with Gasteiger partial charge in [-0.05, 0) is 26.7 Å². The van der Waals surface area contributed by atoms with Crippen molar-refractivity contribution in [3.8, 4) is 0 Å². The summed E-state index contributed by atoms with van der Waals surface area (Å²) in [5.74, 6) is 2.89. The van der Waals surface area contributed by atoms with Crippen LogP contribution in [0, 0.1) is 0 Å². The van der Waals surface area contributed by atoms with Crippen molar-refractivity contribution in [1.29, 1.82) is 0 Å². The molecule has 0 aromatic carbocycles. The quantitative estimate of drug-likeness (QED) is 0.860. The van der Waals surface area contributed by atoms with Crippen LogP contribution in [0.2, 0.25) is 0 Å². The SMILES string of the molecule is CC(O)CN1CCN(Cc2nnc(C3CC3)n2C)CC1C. The summed E-state index contributed by atoms with van der Waals surface area (Å²) < 4.78 is 2.19. The molecule has 1 aliphatic carbocycles. The largest absolute Gasteiger partial charge is 0.392 e. The van der Waals surface area contributed by atoms with Gasteiger partial charge < -0.3 is 9.67 Å². The first-order valence-corrected chi connectivity index (χ1v) is 8.07. The maximum Gasteiger partial charge on any atom is 0.146 e. The van der Waals surface area contributed by atoms with Gasteiger partial charge in [0.2, 0.25) is 0 Å². The Labute approximate surface area is 126 Å². The zero-order chi connectivity index (χ0) is 15.0. The minimum Gasteiger partial charge on any atom is -0.392 e. The topological polar surface area (TPSA) is 57.4 Å². The summed E-state index contributed by atoms with van der Waals surface area (Å²) in [5, 5.41) is 18.3. The fourth-order valence-corrected chi connectivity index (χ4v) is 3.23. The Hall–Kier alpha value is -0.980. The number of aliphatic hydroxyl groups is 1. The van der Waals surface area contributed by atoms with Gasteiger partial charge in [0.05, 0.1) is 12.6 Å². The Morgan fingerprint density at radius 1 is 1.29 bits per heavy atom. The van der Waals surface area contributed by atoms with E-state index in [2.05, 4.69) is 38.5 Å². The van der Waals surface area contributed by atoms with E-state index in [1.54, 1.807) is 0 Å². The van der Waals surface area contributed by atoms with Crippen molar-refractivity contribution in [3.63, 3.8) is 0 Å². The van der Waals surface area contributed by atoms with Crippen LogP contribution in [0.4, 0.5) is 0 Å². The minimum absolute atomic E-state index is 0.251. The number of nitrogens with zero attached hydrogens (tertiary/aromatic N) is 5. The van der Waals surface area contributed by atoms with Crippen LogP contribution in [0.5, 0.6) is 0 Å². The van der Waals surface area contributed by atoms with Gasteiger partial charge in [-0.25, -0.2) is 0 Å². The van der Waals surface area contributed by atoms with E-state index in [-0.39, 0.29) is 6.10 Å². The number of hydrogen-bond acceptors (Lipinski definition) is 5. The molecule has 2 aliphatic rings. The van der Waals surface area contributed by atoms with E-state index in [1.165, 1.54) is 12.8 Å². The van der Waals surface area contributed by atoms with Gasteiger partial charge in [-0.2, -0.15) is 0 Å². The molecule has 1 aliphatic heterocycles. The molecule has 3 rings (SSSR count). The van der Waals surface area contributed by atoms with Gasteiger partial charge in [0, 0.05) is 45.2 Å². The first-order chi connectivity index (χ1) is 10.0. The first kappa shape index (κ1) is 14.9. The normalized spacial score (nSPS) is 26.2. The second kappa shape index (κ2) is 6.02. The van der Waals surface area contributed by atoms with Crippen molar-refractivity contribution < 1.29 is 5.11 Å². The van der Waals surface area contributed by atoms with E-state index in [9.17, 15) is 5.11 Å². The number of hydrogen-bond donors (Lipinski definition) is 1. The second-order valence-electron chi connectivity index (χ2n) is 6.74. The third-order valence-electron chi connectivity index (χ3n) is 4.65. The van der Waals surface area contributed by atoms with Gasteiger partial charge in [0.25, 0.3) is 0 Å². The number of aromatic nitrogens is 3. The predicted molar refractivity (Wildman–Crippen MR) is 81.0 cm³/mol. The van der Waals surface area contributed by atoms with Gasteiger partial charge in [-0.3, -0.25) is 9.80 Å². The van der Waals surface area contributed by atoms with Crippen molar-refractivity contribution >= 4 is 0 Å². The zero-order valence-electron chi connectivity index (χ0n) is 13.4. The Morgan fingerprint density at radius 3 is 2.67 bits per heavy atom. The lowest BCUT2D eigenvalue weighted by Gasteiger charge is -2.40. The molecule has 1 saturated heterocycles. The van der Waals surface area contributed by atoms with Crippen LogP contribution in [0.15, 0.2) is 0 Å². The molecule has 1 aromatic heterocycles. The molecule has 0 spiro atoms. The summed E-state index contributed by atoms with van der Waals surface area (Å²) in [4.78, 5) is 4.82. The fourth-order valence-electron chi connectivity index (χ4n) is 3.23. The maximum atomic E-state index is 9.54. The molecule has 2 atom stereocenters. The highest BCUT2D eigenvalue weighted by Crippen LogP contribution is 2.38. The molecule has 1 saturated carbocycles. The lowest BCUT2D eigenvalue weighted by atomic mass is 10.1. The molecule has 6 heteroatoms. The Balaban J connectivity index is 1.57. The molecular formula is C15H27N5O. The summed E-state index contributed by atoms with van der Waals surface area (Å²) in [6.07, 6.45) is 2.28. The fraction of sp³-hybridized carbons (Fsp3) is 0.867. The van der Waals surface area contributed by atoms with Crippen LogP contribution in [0.3, 0.4) is 0 Å². The summed E-state index contributed by atoms with van der Waals surface area (Å²) >= 11 is 0. The highest BCUT2D eigenvalue weighted by atomic mass is 16.3. The number of aliphatic hydroxyl groups excluding tert-OH is 1. The van der Waals surface area contributed by atoms with E-state index in [1.807, 2.05) is 6.92 Å². The average Bonchev–Trinajstić information content (AvgIpc) is 3.19. The first-order valence-electron chi connectivity index (χ1n) is 8.07. The van der Waals surface area contributed by atoms with E-state index in [4.69, 9.17) is 0 Å². The summed E-state index contributed by atoms with van der Waals surface area (Å²) in [6.45, 7) is 8.81. The average molecular weight is 293 g/mol. The van der Waals surface area contributed by atoms with Crippen molar-refractivity contribution in [2.24, 2.45) is 7.05 Å². The van der Waals surface area contributed by atoms with Crippen molar-refractivity contribution in [2.75, 3.05) is 26.2 Å². The van der Waals surface area contributed by atoms with Crippen LogP contribution in [-0.4, -0.2) is 68.0 Å². The zero-order valence-corrected chi connectivity index (χ0v) is 13.4. The van der Waals surface area contributed by atoms with E-state index < -0.39 is 0 Å². The third kappa shape index (κ3) is 3.44. The molecule has 2 heterocycles. The Kier molecular flexibility index (Phi) is 4.28. The van der Waals surface area contributed by atoms with Crippen LogP contribution >= 0.6 is 0 Å². The molecule has 0 amide bonds. The van der Waals surface area contributed by atoms with Gasteiger partial charge in [-0.1, -0.05) is 0 Å². The molecule has 6 nitrogen and oxygen atoms in total. The van der Waals surface area contributed by atoms with Crippen molar-refractivity contribution in [1.82, 2.24) is 24.6 Å². The molecule has 0 bridgehead atoms. The monoisotopic (exact) mass is 293 g/mol. The molecule has 2 fully saturated rings. The maximum absolute atomic E-state index is 9.54. The highest BCUT2D eigenvalue weighted by molar-refractivity contribution is 5.07. The van der Waals surface area contributed by atoms with Crippen LogP contribution < -0.4 is 0 Å². The Morgan fingerprint density at radius 2 is 2.05 bits per heavy atom. The van der Waals surface area contributed by atoms with Gasteiger partial charge >= 0.3 is 0 Å². The molecule has 118 valence electrons. The van der Waals surface area contributed by atoms with Gasteiger partial charge in [0.15, 0.2) is 0 Å².